The molecular weight excluding hydrogens is 429 g/mol. The van der Waals surface area contributed by atoms with Crippen LogP contribution < -0.4 is 0 Å². The molecule has 3 aromatic rings. The molecule has 0 atom stereocenters. The minimum Gasteiger partial charge on any atom is -0.0843 e. The van der Waals surface area contributed by atoms with Gasteiger partial charge in [0, 0.05) is 41.3 Å². The van der Waals surface area contributed by atoms with Crippen molar-refractivity contribution in [3.8, 4) is 22.3 Å². The second kappa shape index (κ2) is 7.33. The zero-order valence-electron chi connectivity index (χ0n) is 11.9. The highest BCUT2D eigenvalue weighted by Crippen LogP contribution is 2.40. The Morgan fingerprint density at radius 3 is 0.958 bits per heavy atom. The molecule has 0 amide bonds. The third kappa shape index (κ3) is 3.96. The van der Waals surface area contributed by atoms with Crippen LogP contribution in [0.25, 0.3) is 22.3 Å². The number of benzene rings is 3. The predicted molar refractivity (Wildman–Crippen MR) is 107 cm³/mol. The fourth-order valence-corrected chi connectivity index (χ4v) is 4.01. The number of hydrogen-bond donors (Lipinski definition) is 0. The van der Waals surface area contributed by atoms with Gasteiger partial charge in [-0.05, 0) is 59.7 Å². The van der Waals surface area contributed by atoms with Gasteiger partial charge in [-0.2, -0.15) is 0 Å². The Morgan fingerprint density at radius 1 is 0.375 bits per heavy atom. The fraction of sp³-hybridized carbons (Fsp3) is 0. The van der Waals surface area contributed by atoms with Gasteiger partial charge in [0.1, 0.15) is 0 Å². The van der Waals surface area contributed by atoms with Crippen LogP contribution >= 0.6 is 69.6 Å². The molecule has 3 rings (SSSR count). The summed E-state index contributed by atoms with van der Waals surface area (Å²) in [7, 11) is 0. The van der Waals surface area contributed by atoms with Crippen molar-refractivity contribution in [2.75, 3.05) is 0 Å². The van der Waals surface area contributed by atoms with Crippen molar-refractivity contribution in [1.29, 1.82) is 0 Å². The minimum absolute atomic E-state index is 0.517. The zero-order valence-corrected chi connectivity index (χ0v) is 16.4. The molecule has 0 bridgehead atoms. The van der Waals surface area contributed by atoms with E-state index in [1.807, 2.05) is 0 Å². The first-order chi connectivity index (χ1) is 11.3. The lowest BCUT2D eigenvalue weighted by Gasteiger charge is -2.12. The molecule has 0 saturated carbocycles. The smallest absolute Gasteiger partial charge is 0.0491 e. The van der Waals surface area contributed by atoms with E-state index in [0.29, 0.717) is 30.1 Å². The summed E-state index contributed by atoms with van der Waals surface area (Å²) < 4.78 is 0. The van der Waals surface area contributed by atoms with Gasteiger partial charge < -0.3 is 0 Å². The predicted octanol–water partition coefficient (Wildman–Crippen LogP) is 8.94. The molecule has 0 heterocycles. The van der Waals surface area contributed by atoms with Crippen molar-refractivity contribution in [1.82, 2.24) is 0 Å². The average Bonchev–Trinajstić information content (AvgIpc) is 2.47. The average molecular weight is 437 g/mol. The van der Waals surface area contributed by atoms with Crippen LogP contribution in [0.3, 0.4) is 0 Å². The van der Waals surface area contributed by atoms with Crippen molar-refractivity contribution in [3.63, 3.8) is 0 Å². The van der Waals surface area contributed by atoms with Gasteiger partial charge in [-0.25, -0.2) is 0 Å². The summed E-state index contributed by atoms with van der Waals surface area (Å²) >= 11 is 37.2. The first-order valence-corrected chi connectivity index (χ1v) is 9.02. The molecule has 0 spiro atoms. The van der Waals surface area contributed by atoms with Gasteiger partial charge in [-0.3, -0.25) is 0 Å². The molecule has 24 heavy (non-hydrogen) atoms. The molecule has 0 aromatic heterocycles. The lowest BCUT2D eigenvalue weighted by Crippen LogP contribution is -1.86. The molecular formula is C18H8Cl6. The van der Waals surface area contributed by atoms with Crippen LogP contribution in [0.15, 0.2) is 48.5 Å². The van der Waals surface area contributed by atoms with Gasteiger partial charge in [0.15, 0.2) is 0 Å². The van der Waals surface area contributed by atoms with Crippen LogP contribution in [0.4, 0.5) is 0 Å². The summed E-state index contributed by atoms with van der Waals surface area (Å²) in [5.74, 6) is 0. The first kappa shape index (κ1) is 18.2. The number of halogens is 6. The van der Waals surface area contributed by atoms with Crippen LogP contribution in [-0.4, -0.2) is 0 Å². The molecule has 0 aliphatic carbocycles. The van der Waals surface area contributed by atoms with Crippen molar-refractivity contribution in [3.05, 3.63) is 78.7 Å². The van der Waals surface area contributed by atoms with Crippen LogP contribution in [0, 0.1) is 0 Å². The maximum absolute atomic E-state index is 6.46. The van der Waals surface area contributed by atoms with E-state index in [4.69, 9.17) is 69.6 Å². The molecule has 0 radical (unpaired) electrons. The normalized spacial score (nSPS) is 10.9. The van der Waals surface area contributed by atoms with Crippen LogP contribution in [0.1, 0.15) is 0 Å². The topological polar surface area (TPSA) is 0 Å². The summed E-state index contributed by atoms with van der Waals surface area (Å²) in [6, 6.07) is 14.0. The van der Waals surface area contributed by atoms with Crippen LogP contribution in [0.2, 0.25) is 30.1 Å². The molecule has 0 nitrogen and oxygen atoms in total. The third-order valence-corrected chi connectivity index (χ3v) is 4.90. The Labute approximate surface area is 169 Å². The van der Waals surface area contributed by atoms with Crippen LogP contribution in [-0.2, 0) is 0 Å². The highest BCUT2D eigenvalue weighted by Gasteiger charge is 2.13. The molecule has 0 aliphatic rings. The van der Waals surface area contributed by atoms with Crippen molar-refractivity contribution >= 4 is 69.6 Å². The van der Waals surface area contributed by atoms with E-state index in [-0.39, 0.29) is 0 Å². The summed E-state index contributed by atoms with van der Waals surface area (Å²) in [6.45, 7) is 0. The first-order valence-electron chi connectivity index (χ1n) is 6.75. The summed E-state index contributed by atoms with van der Waals surface area (Å²) in [6.07, 6.45) is 0. The van der Waals surface area contributed by atoms with Gasteiger partial charge in [0.25, 0.3) is 0 Å². The molecule has 6 heteroatoms. The standard InChI is InChI=1S/C18H8Cl6/c19-11-1-9(2-12(20)5-11)15-7-18(24)16(8-17(15)23)10-3-13(21)6-14(22)4-10/h1-8H. The van der Waals surface area contributed by atoms with E-state index >= 15 is 0 Å². The third-order valence-electron chi connectivity index (χ3n) is 3.40. The zero-order chi connectivity index (χ0) is 17.4. The number of rotatable bonds is 2. The van der Waals surface area contributed by atoms with Gasteiger partial charge in [-0.1, -0.05) is 69.6 Å². The quantitative estimate of drug-likeness (QED) is 0.376. The Hall–Kier alpha value is -0.600. The van der Waals surface area contributed by atoms with Crippen molar-refractivity contribution in [2.24, 2.45) is 0 Å². The van der Waals surface area contributed by atoms with E-state index in [1.165, 1.54) is 0 Å². The Balaban J connectivity index is 2.15. The van der Waals surface area contributed by atoms with E-state index in [1.54, 1.807) is 48.5 Å². The fourth-order valence-electron chi connectivity index (χ4n) is 2.41. The van der Waals surface area contributed by atoms with Crippen LogP contribution in [0.5, 0.6) is 0 Å². The van der Waals surface area contributed by atoms with E-state index in [9.17, 15) is 0 Å². The summed E-state index contributed by atoms with van der Waals surface area (Å²) in [5, 5.41) is 3.13. The van der Waals surface area contributed by atoms with Gasteiger partial charge in [-0.15, -0.1) is 0 Å². The maximum atomic E-state index is 6.46. The minimum atomic E-state index is 0.517. The largest absolute Gasteiger partial charge is 0.0843 e. The Kier molecular flexibility index (Phi) is 5.56. The second-order valence-electron chi connectivity index (χ2n) is 5.13. The molecule has 0 aliphatic heterocycles. The monoisotopic (exact) mass is 434 g/mol. The van der Waals surface area contributed by atoms with E-state index in [2.05, 4.69) is 0 Å². The van der Waals surface area contributed by atoms with Gasteiger partial charge in [0.2, 0.25) is 0 Å². The highest BCUT2D eigenvalue weighted by atomic mass is 35.5. The molecule has 0 N–H and O–H groups in total. The molecule has 0 unspecified atom stereocenters. The Bertz CT molecular complexity index is 815. The molecule has 122 valence electrons. The van der Waals surface area contributed by atoms with Crippen molar-refractivity contribution in [2.45, 2.75) is 0 Å². The van der Waals surface area contributed by atoms with E-state index in [0.717, 1.165) is 22.3 Å². The second-order valence-corrected chi connectivity index (χ2v) is 7.69. The van der Waals surface area contributed by atoms with Crippen molar-refractivity contribution < 1.29 is 0 Å². The lowest BCUT2D eigenvalue weighted by molar-refractivity contribution is 1.58. The highest BCUT2D eigenvalue weighted by molar-refractivity contribution is 6.39. The van der Waals surface area contributed by atoms with Gasteiger partial charge >= 0.3 is 0 Å². The molecule has 3 aromatic carbocycles. The molecule has 0 saturated heterocycles. The molecule has 0 fully saturated rings. The summed E-state index contributed by atoms with van der Waals surface area (Å²) in [5.41, 5.74) is 3.05. The lowest BCUT2D eigenvalue weighted by atomic mass is 10.00. The number of hydrogen-bond acceptors (Lipinski definition) is 0. The van der Waals surface area contributed by atoms with Gasteiger partial charge in [0.05, 0.1) is 0 Å². The maximum Gasteiger partial charge on any atom is 0.0491 e. The SMILES string of the molecule is Clc1cc(Cl)cc(-c2cc(Cl)c(-c3cc(Cl)cc(Cl)c3)cc2Cl)c1. The Morgan fingerprint density at radius 2 is 0.667 bits per heavy atom. The van der Waals surface area contributed by atoms with E-state index < -0.39 is 0 Å². The summed E-state index contributed by atoms with van der Waals surface area (Å²) in [4.78, 5) is 0.